The van der Waals surface area contributed by atoms with Crippen LogP contribution in [0.4, 0.5) is 0 Å². The minimum Gasteiger partial charge on any atom is -0.497 e. The van der Waals surface area contributed by atoms with E-state index in [-0.39, 0.29) is 11.8 Å². The topological polar surface area (TPSA) is 71.1 Å². The van der Waals surface area contributed by atoms with E-state index in [1.807, 2.05) is 54.5 Å². The Morgan fingerprint density at radius 3 is 2.18 bits per heavy atom. The van der Waals surface area contributed by atoms with Crippen LogP contribution in [-0.2, 0) is 14.3 Å². The lowest BCUT2D eigenvalue weighted by Gasteiger charge is -2.42. The first-order valence-electron chi connectivity index (χ1n) is 10.9. The number of hydrogen-bond acceptors (Lipinski definition) is 6. The van der Waals surface area contributed by atoms with Crippen LogP contribution >= 0.6 is 0 Å². The Bertz CT molecular complexity index is 1020. The van der Waals surface area contributed by atoms with Gasteiger partial charge in [0.25, 0.3) is 0 Å². The van der Waals surface area contributed by atoms with Gasteiger partial charge in [-0.05, 0) is 83.9 Å². The zero-order valence-electron chi connectivity index (χ0n) is 21.4. The van der Waals surface area contributed by atoms with Gasteiger partial charge in [0.2, 0.25) is 0 Å². The van der Waals surface area contributed by atoms with Gasteiger partial charge < -0.3 is 18.9 Å². The first-order chi connectivity index (χ1) is 15.3. The number of methoxy groups -OCH3 is 3. The number of allylic oxidation sites excluding steroid dienone is 1. The van der Waals surface area contributed by atoms with Crippen LogP contribution in [0, 0.1) is 5.41 Å². The molecule has 2 unspecified atom stereocenters. The third-order valence-electron chi connectivity index (χ3n) is 6.17. The fraction of sp³-hybridized carbons (Fsp3) is 0.481. The quantitative estimate of drug-likeness (QED) is 0.308. The van der Waals surface area contributed by atoms with Crippen molar-refractivity contribution in [1.29, 1.82) is 0 Å². The Labute approximate surface area is 197 Å². The van der Waals surface area contributed by atoms with Crippen LogP contribution in [-0.4, -0.2) is 44.8 Å². The van der Waals surface area contributed by atoms with Crippen molar-refractivity contribution in [3.63, 3.8) is 0 Å². The van der Waals surface area contributed by atoms with Crippen molar-refractivity contribution in [2.45, 2.75) is 60.2 Å². The van der Waals surface area contributed by atoms with Crippen LogP contribution in [0.2, 0.25) is 0 Å². The van der Waals surface area contributed by atoms with E-state index in [9.17, 15) is 9.59 Å². The van der Waals surface area contributed by atoms with Gasteiger partial charge in [0.1, 0.15) is 17.1 Å². The maximum absolute atomic E-state index is 13.1. The fourth-order valence-corrected chi connectivity index (χ4v) is 4.29. The molecule has 0 saturated heterocycles. The van der Waals surface area contributed by atoms with Gasteiger partial charge in [-0.15, -0.1) is 0 Å². The molecular weight excluding hydrogens is 420 g/mol. The second-order valence-corrected chi connectivity index (χ2v) is 9.47. The van der Waals surface area contributed by atoms with E-state index in [0.29, 0.717) is 22.6 Å². The Hall–Kier alpha value is -2.86. The summed E-state index contributed by atoms with van der Waals surface area (Å²) in [4.78, 5) is 26.1. The van der Waals surface area contributed by atoms with Gasteiger partial charge in [-0.3, -0.25) is 4.79 Å². The van der Waals surface area contributed by atoms with Crippen molar-refractivity contribution in [1.82, 2.24) is 0 Å². The van der Waals surface area contributed by atoms with Crippen LogP contribution < -0.4 is 9.47 Å². The summed E-state index contributed by atoms with van der Waals surface area (Å²) in [5.74, 6) is 0.446. The number of carbonyl (C=O) groups is 2. The summed E-state index contributed by atoms with van der Waals surface area (Å²) >= 11 is 0. The predicted molar refractivity (Wildman–Crippen MR) is 129 cm³/mol. The van der Waals surface area contributed by atoms with Gasteiger partial charge >= 0.3 is 5.97 Å². The molecule has 0 radical (unpaired) electrons. The lowest BCUT2D eigenvalue weighted by Crippen LogP contribution is -2.40. The van der Waals surface area contributed by atoms with Gasteiger partial charge in [-0.2, -0.15) is 0 Å². The van der Waals surface area contributed by atoms with Crippen molar-refractivity contribution in [2.24, 2.45) is 5.41 Å². The molecular formula is C27H36O6. The first-order valence-corrected chi connectivity index (χ1v) is 10.9. The van der Waals surface area contributed by atoms with E-state index in [1.165, 1.54) is 13.2 Å². The molecule has 180 valence electrons. The molecule has 1 aromatic rings. The fourth-order valence-electron chi connectivity index (χ4n) is 4.29. The number of rotatable bonds is 7. The largest absolute Gasteiger partial charge is 0.497 e. The van der Waals surface area contributed by atoms with Crippen molar-refractivity contribution < 1.29 is 28.5 Å². The SMILES string of the molecule is COc1ccc(OC)c(C(=O)C=CC2(C)C(C)=C(C)C(C(=O)OC(C)(C)C)=C(C)C2OC)c1. The van der Waals surface area contributed by atoms with E-state index >= 15 is 0 Å². The minimum atomic E-state index is -0.643. The molecule has 1 aliphatic carbocycles. The zero-order chi connectivity index (χ0) is 25.1. The molecule has 1 aliphatic rings. The highest BCUT2D eigenvalue weighted by molar-refractivity contribution is 6.07. The summed E-state index contributed by atoms with van der Waals surface area (Å²) in [6, 6.07) is 5.10. The highest BCUT2D eigenvalue weighted by atomic mass is 16.6. The summed E-state index contributed by atoms with van der Waals surface area (Å²) in [6.07, 6.45) is 2.93. The van der Waals surface area contributed by atoms with E-state index in [0.717, 1.165) is 16.7 Å². The van der Waals surface area contributed by atoms with Crippen molar-refractivity contribution in [3.8, 4) is 11.5 Å². The standard InChI is InChI=1S/C27H36O6/c1-16-18(3)27(7,24(32-10)17(2)23(16)25(29)33-26(4,5)6)14-13-21(28)20-15-19(30-8)11-12-22(20)31-9/h11-15,24H,1-10H3. The maximum Gasteiger partial charge on any atom is 0.338 e. The van der Waals surface area contributed by atoms with Crippen LogP contribution in [0.15, 0.2) is 52.6 Å². The van der Waals surface area contributed by atoms with Gasteiger partial charge in [0, 0.05) is 12.5 Å². The smallest absolute Gasteiger partial charge is 0.338 e. The lowest BCUT2D eigenvalue weighted by molar-refractivity contribution is -0.149. The van der Waals surface area contributed by atoms with Gasteiger partial charge in [0.15, 0.2) is 5.78 Å². The van der Waals surface area contributed by atoms with Crippen molar-refractivity contribution >= 4 is 11.8 Å². The lowest BCUT2D eigenvalue weighted by atomic mass is 9.67. The predicted octanol–water partition coefficient (Wildman–Crippen LogP) is 5.47. The first kappa shape index (κ1) is 26.4. The molecule has 0 aliphatic heterocycles. The number of esters is 1. The van der Waals surface area contributed by atoms with Crippen molar-refractivity contribution in [2.75, 3.05) is 21.3 Å². The average Bonchev–Trinajstić information content (AvgIpc) is 2.74. The molecule has 0 heterocycles. The van der Waals surface area contributed by atoms with Gasteiger partial charge in [0.05, 0.1) is 31.5 Å². The molecule has 1 aromatic carbocycles. The number of carbonyl (C=O) groups excluding carboxylic acids is 2. The second kappa shape index (κ2) is 9.96. The van der Waals surface area contributed by atoms with Crippen LogP contribution in [0.25, 0.3) is 0 Å². The summed E-state index contributed by atoms with van der Waals surface area (Å²) in [7, 11) is 4.68. The molecule has 33 heavy (non-hydrogen) atoms. The molecule has 0 saturated carbocycles. The third-order valence-corrected chi connectivity index (χ3v) is 6.17. The van der Waals surface area contributed by atoms with E-state index in [4.69, 9.17) is 18.9 Å². The normalized spacial score (nSPS) is 21.5. The average molecular weight is 457 g/mol. The Morgan fingerprint density at radius 1 is 1.03 bits per heavy atom. The van der Waals surface area contributed by atoms with Gasteiger partial charge in [-0.1, -0.05) is 11.6 Å². The molecule has 0 amide bonds. The number of ether oxygens (including phenoxy) is 4. The highest BCUT2D eigenvalue weighted by Gasteiger charge is 2.43. The van der Waals surface area contributed by atoms with E-state index in [1.54, 1.807) is 32.4 Å². The van der Waals surface area contributed by atoms with Gasteiger partial charge in [-0.25, -0.2) is 4.79 Å². The Kier molecular flexibility index (Phi) is 7.96. The molecule has 0 spiro atoms. The Morgan fingerprint density at radius 2 is 1.67 bits per heavy atom. The molecule has 2 rings (SSSR count). The summed E-state index contributed by atoms with van der Waals surface area (Å²) < 4.78 is 22.1. The molecule has 0 fully saturated rings. The highest BCUT2D eigenvalue weighted by Crippen LogP contribution is 2.46. The van der Waals surface area contributed by atoms with Crippen LogP contribution in [0.3, 0.4) is 0 Å². The summed E-state index contributed by atoms with van der Waals surface area (Å²) in [6.45, 7) is 13.3. The monoisotopic (exact) mass is 456 g/mol. The molecule has 2 atom stereocenters. The van der Waals surface area contributed by atoms with Crippen LogP contribution in [0.5, 0.6) is 11.5 Å². The van der Waals surface area contributed by atoms with Crippen LogP contribution in [0.1, 0.15) is 58.8 Å². The third kappa shape index (κ3) is 5.38. The zero-order valence-corrected chi connectivity index (χ0v) is 21.4. The maximum atomic E-state index is 13.1. The molecule has 6 heteroatoms. The molecule has 0 aromatic heterocycles. The van der Waals surface area contributed by atoms with Crippen molar-refractivity contribution in [3.05, 3.63) is 58.2 Å². The number of ketones is 1. The summed E-state index contributed by atoms with van der Waals surface area (Å²) in [5.41, 5.74) is 2.21. The number of benzene rings is 1. The number of hydrogen-bond donors (Lipinski definition) is 0. The molecule has 6 nitrogen and oxygen atoms in total. The Balaban J connectivity index is 2.50. The van der Waals surface area contributed by atoms with E-state index in [2.05, 4.69) is 0 Å². The van der Waals surface area contributed by atoms with E-state index < -0.39 is 17.1 Å². The molecule has 0 N–H and O–H groups in total. The minimum absolute atomic E-state index is 0.216. The summed E-state index contributed by atoms with van der Waals surface area (Å²) in [5, 5.41) is 0. The second-order valence-electron chi connectivity index (χ2n) is 9.47. The molecule has 0 bridgehead atoms.